The molecule has 0 aromatic carbocycles. The normalized spacial score (nSPS) is 14.3. The van der Waals surface area contributed by atoms with Crippen molar-refractivity contribution in [2.24, 2.45) is 10.9 Å². The van der Waals surface area contributed by atoms with E-state index < -0.39 is 17.9 Å². The molecule has 0 rings (SSSR count). The van der Waals surface area contributed by atoms with E-state index in [4.69, 9.17) is 5.11 Å². The van der Waals surface area contributed by atoms with Crippen LogP contribution in [0.25, 0.3) is 0 Å². The van der Waals surface area contributed by atoms with Crippen LogP contribution in [-0.4, -0.2) is 23.2 Å². The van der Waals surface area contributed by atoms with Crippen molar-refractivity contribution >= 4 is 12.0 Å². The Morgan fingerprint density at radius 3 is 2.46 bits per heavy atom. The second-order valence-corrected chi connectivity index (χ2v) is 2.93. The molecular weight excluding hydrogens is 170 g/mol. The van der Waals surface area contributed by atoms with E-state index in [9.17, 15) is 9.59 Å². The second-order valence-electron chi connectivity index (χ2n) is 2.93. The molecule has 0 fully saturated rings. The maximum atomic E-state index is 10.8. The van der Waals surface area contributed by atoms with E-state index in [1.807, 2.05) is 13.8 Å². The number of carboxylic acids is 1. The van der Waals surface area contributed by atoms with E-state index in [0.717, 1.165) is 6.42 Å². The molecule has 0 aliphatic rings. The molecule has 0 saturated carbocycles. The van der Waals surface area contributed by atoms with Crippen LogP contribution in [0, 0.1) is 5.92 Å². The van der Waals surface area contributed by atoms with Gasteiger partial charge in [0.2, 0.25) is 6.08 Å². The van der Waals surface area contributed by atoms with Crippen molar-refractivity contribution in [1.29, 1.82) is 0 Å². The molecule has 0 saturated heterocycles. The van der Waals surface area contributed by atoms with E-state index in [2.05, 4.69) is 4.99 Å². The number of nitrogens with zero attached hydrogens (tertiary/aromatic N) is 1. The van der Waals surface area contributed by atoms with Crippen molar-refractivity contribution in [3.05, 3.63) is 0 Å². The van der Waals surface area contributed by atoms with Crippen molar-refractivity contribution in [1.82, 2.24) is 0 Å². The van der Waals surface area contributed by atoms with Gasteiger partial charge in [-0.15, -0.1) is 0 Å². The summed E-state index contributed by atoms with van der Waals surface area (Å²) in [4.78, 5) is 24.3. The Kier molecular flexibility index (Phi) is 5.81. The van der Waals surface area contributed by atoms with Gasteiger partial charge in [0.15, 0.2) is 0 Å². The average molecular weight is 185 g/mol. The van der Waals surface area contributed by atoms with Crippen molar-refractivity contribution in [2.75, 3.05) is 0 Å². The molecule has 2 unspecified atom stereocenters. The molecular formula is C9H15NO3. The standard InChI is InChI=1S/C9H15NO3/c1-3-5-7(9(12)13)8(4-2)10-6-11/h7-8H,3-5H2,1-2H3,(H,12,13). The Hall–Kier alpha value is -1.15. The summed E-state index contributed by atoms with van der Waals surface area (Å²) in [5.74, 6) is -1.43. The zero-order valence-corrected chi connectivity index (χ0v) is 7.99. The van der Waals surface area contributed by atoms with Crippen LogP contribution >= 0.6 is 0 Å². The summed E-state index contributed by atoms with van der Waals surface area (Å²) in [6.45, 7) is 3.73. The molecule has 0 aromatic rings. The molecule has 74 valence electrons. The molecule has 13 heavy (non-hydrogen) atoms. The lowest BCUT2D eigenvalue weighted by Gasteiger charge is -2.16. The zero-order valence-electron chi connectivity index (χ0n) is 7.99. The van der Waals surface area contributed by atoms with E-state index in [1.165, 1.54) is 6.08 Å². The molecule has 0 bridgehead atoms. The van der Waals surface area contributed by atoms with Gasteiger partial charge in [-0.05, 0) is 12.8 Å². The molecule has 0 radical (unpaired) electrons. The molecule has 0 aliphatic carbocycles. The SMILES string of the molecule is CCCC(C(=O)O)C(CC)N=C=O. The number of hydrogen-bond donors (Lipinski definition) is 1. The number of hydrogen-bond acceptors (Lipinski definition) is 3. The van der Waals surface area contributed by atoms with Gasteiger partial charge in [0.05, 0.1) is 12.0 Å². The van der Waals surface area contributed by atoms with Crippen LogP contribution in [0.4, 0.5) is 0 Å². The Labute approximate surface area is 77.7 Å². The van der Waals surface area contributed by atoms with Gasteiger partial charge in [0.1, 0.15) is 0 Å². The van der Waals surface area contributed by atoms with Gasteiger partial charge in [-0.1, -0.05) is 20.3 Å². The van der Waals surface area contributed by atoms with Gasteiger partial charge in [0.25, 0.3) is 0 Å². The summed E-state index contributed by atoms with van der Waals surface area (Å²) < 4.78 is 0. The quantitative estimate of drug-likeness (QED) is 0.505. The number of aliphatic imine (C=N–C) groups is 1. The van der Waals surface area contributed by atoms with E-state index >= 15 is 0 Å². The number of carboxylic acid groups (broad SMARTS) is 1. The van der Waals surface area contributed by atoms with Crippen LogP contribution in [0.2, 0.25) is 0 Å². The number of rotatable bonds is 6. The Balaban J connectivity index is 4.47. The van der Waals surface area contributed by atoms with Gasteiger partial charge in [-0.3, -0.25) is 4.79 Å². The summed E-state index contributed by atoms with van der Waals surface area (Å²) in [5.41, 5.74) is 0. The van der Waals surface area contributed by atoms with Crippen LogP contribution in [-0.2, 0) is 9.59 Å². The molecule has 1 N–H and O–H groups in total. The summed E-state index contributed by atoms with van der Waals surface area (Å²) >= 11 is 0. The minimum atomic E-state index is -0.882. The second kappa shape index (κ2) is 6.38. The van der Waals surface area contributed by atoms with Gasteiger partial charge < -0.3 is 5.11 Å². The molecule has 0 aliphatic heterocycles. The lowest BCUT2D eigenvalue weighted by Crippen LogP contribution is -2.26. The smallest absolute Gasteiger partial charge is 0.308 e. The van der Waals surface area contributed by atoms with Gasteiger partial charge in [0, 0.05) is 0 Å². The van der Waals surface area contributed by atoms with E-state index in [1.54, 1.807) is 0 Å². The highest BCUT2D eigenvalue weighted by Gasteiger charge is 2.25. The topological polar surface area (TPSA) is 66.7 Å². The first kappa shape index (κ1) is 11.8. The zero-order chi connectivity index (χ0) is 10.3. The van der Waals surface area contributed by atoms with Crippen molar-refractivity contribution in [3.63, 3.8) is 0 Å². The number of aliphatic carboxylic acids is 1. The Morgan fingerprint density at radius 1 is 1.54 bits per heavy atom. The Bertz CT molecular complexity index is 209. The van der Waals surface area contributed by atoms with Crippen LogP contribution in [0.1, 0.15) is 33.1 Å². The van der Waals surface area contributed by atoms with Crippen molar-refractivity contribution in [3.8, 4) is 0 Å². The van der Waals surface area contributed by atoms with Crippen molar-refractivity contribution in [2.45, 2.75) is 39.2 Å². The predicted molar refractivity (Wildman–Crippen MR) is 48.2 cm³/mol. The largest absolute Gasteiger partial charge is 0.481 e. The maximum Gasteiger partial charge on any atom is 0.308 e. The Morgan fingerprint density at radius 2 is 2.15 bits per heavy atom. The monoisotopic (exact) mass is 185 g/mol. The fourth-order valence-corrected chi connectivity index (χ4v) is 1.32. The third-order valence-electron chi connectivity index (χ3n) is 2.02. The highest BCUT2D eigenvalue weighted by molar-refractivity contribution is 5.71. The molecule has 0 spiro atoms. The average Bonchev–Trinajstić information content (AvgIpc) is 2.10. The van der Waals surface area contributed by atoms with E-state index in [0.29, 0.717) is 12.8 Å². The minimum Gasteiger partial charge on any atom is -0.481 e. The van der Waals surface area contributed by atoms with E-state index in [-0.39, 0.29) is 0 Å². The molecule has 0 amide bonds. The van der Waals surface area contributed by atoms with Crippen LogP contribution in [0.3, 0.4) is 0 Å². The number of carbonyl (C=O) groups is 1. The third kappa shape index (κ3) is 3.85. The van der Waals surface area contributed by atoms with Gasteiger partial charge in [-0.25, -0.2) is 9.79 Å². The number of carbonyl (C=O) groups excluding carboxylic acids is 1. The van der Waals surface area contributed by atoms with Gasteiger partial charge in [-0.2, -0.15) is 0 Å². The molecule has 4 heteroatoms. The molecule has 4 nitrogen and oxygen atoms in total. The highest BCUT2D eigenvalue weighted by atomic mass is 16.4. The fraction of sp³-hybridized carbons (Fsp3) is 0.778. The first-order chi connectivity index (χ1) is 6.17. The minimum absolute atomic E-state index is 0.421. The first-order valence-electron chi connectivity index (χ1n) is 4.47. The van der Waals surface area contributed by atoms with Crippen molar-refractivity contribution < 1.29 is 14.7 Å². The summed E-state index contributed by atoms with van der Waals surface area (Å²) in [6.07, 6.45) is 3.32. The lowest BCUT2D eigenvalue weighted by molar-refractivity contribution is -0.142. The summed E-state index contributed by atoms with van der Waals surface area (Å²) in [7, 11) is 0. The number of isocyanates is 1. The summed E-state index contributed by atoms with van der Waals surface area (Å²) in [6, 6.07) is -0.421. The first-order valence-corrected chi connectivity index (χ1v) is 4.47. The maximum absolute atomic E-state index is 10.8. The lowest BCUT2D eigenvalue weighted by atomic mass is 9.94. The summed E-state index contributed by atoms with van der Waals surface area (Å²) in [5, 5.41) is 8.84. The molecule has 0 heterocycles. The van der Waals surface area contributed by atoms with Crippen LogP contribution in [0.15, 0.2) is 4.99 Å². The predicted octanol–water partition coefficient (Wildman–Crippen LogP) is 1.60. The van der Waals surface area contributed by atoms with Crippen LogP contribution in [0.5, 0.6) is 0 Å². The molecule has 0 aromatic heterocycles. The van der Waals surface area contributed by atoms with Crippen LogP contribution < -0.4 is 0 Å². The van der Waals surface area contributed by atoms with Gasteiger partial charge >= 0.3 is 5.97 Å². The highest BCUT2D eigenvalue weighted by Crippen LogP contribution is 2.17. The third-order valence-corrected chi connectivity index (χ3v) is 2.02. The molecule has 2 atom stereocenters. The fourth-order valence-electron chi connectivity index (χ4n) is 1.32.